The zero-order valence-corrected chi connectivity index (χ0v) is 6.55. The van der Waals surface area contributed by atoms with E-state index in [0.717, 1.165) is 0 Å². The molecule has 0 spiro atoms. The number of rotatable bonds is 2. The third-order valence-electron chi connectivity index (χ3n) is 0.354. The van der Waals surface area contributed by atoms with Gasteiger partial charge in [0.15, 0.2) is 7.83 Å². The predicted octanol–water partition coefficient (Wildman–Crippen LogP) is -1.06. The molecular formula is CH4O2Si3. The molecular weight excluding hydrogens is 128 g/mol. The van der Waals surface area contributed by atoms with Crippen molar-refractivity contribution in [2.45, 2.75) is 6.55 Å². The molecule has 0 bridgehead atoms. The summed E-state index contributed by atoms with van der Waals surface area (Å²) in [6.07, 6.45) is 0. The van der Waals surface area contributed by atoms with Crippen LogP contribution in [0.15, 0.2) is 0 Å². The van der Waals surface area contributed by atoms with Gasteiger partial charge in [0.05, 0.1) is 0 Å². The minimum atomic E-state index is -1.22. The van der Waals surface area contributed by atoms with Crippen molar-refractivity contribution < 1.29 is 8.92 Å². The molecule has 0 aliphatic heterocycles. The van der Waals surface area contributed by atoms with Crippen LogP contribution in [0.4, 0.5) is 0 Å². The van der Waals surface area contributed by atoms with Crippen molar-refractivity contribution in [2.75, 3.05) is 0 Å². The third-order valence-corrected chi connectivity index (χ3v) is 5.30. The topological polar surface area (TPSA) is 34.1 Å². The second-order valence-electron chi connectivity index (χ2n) is 0.957. The average molecular weight is 132 g/mol. The molecule has 0 aromatic carbocycles. The van der Waals surface area contributed by atoms with Gasteiger partial charge in [-0.05, 0) is 0 Å². The highest BCUT2D eigenvalue weighted by Crippen LogP contribution is 1.57. The first kappa shape index (κ1) is 6.25. The molecule has 0 unspecified atom stereocenters. The first-order valence-corrected chi connectivity index (χ1v) is 8.15. The molecule has 0 atom stereocenters. The Kier molecular flexibility index (Phi) is 3.58. The molecule has 2 nitrogen and oxygen atoms in total. The van der Waals surface area contributed by atoms with Crippen LogP contribution in [0.5, 0.6) is 0 Å². The SMILES string of the molecule is C[SiH]([Si]=O)[Si]=O. The summed E-state index contributed by atoms with van der Waals surface area (Å²) in [5.74, 6) is 0. The van der Waals surface area contributed by atoms with Crippen LogP contribution in [0.2, 0.25) is 6.55 Å². The summed E-state index contributed by atoms with van der Waals surface area (Å²) in [5.41, 5.74) is 0. The van der Waals surface area contributed by atoms with Crippen molar-refractivity contribution >= 4 is 25.7 Å². The van der Waals surface area contributed by atoms with E-state index in [1.54, 1.807) is 0 Å². The Morgan fingerprint density at radius 1 is 1.33 bits per heavy atom. The molecule has 0 aromatic heterocycles. The Hall–Kier alpha value is 0.251. The molecule has 32 valence electrons. The molecule has 0 saturated heterocycles. The molecule has 0 amide bonds. The van der Waals surface area contributed by atoms with Crippen molar-refractivity contribution in [2.24, 2.45) is 0 Å². The highest BCUT2D eigenvalue weighted by molar-refractivity contribution is 7.32. The quantitative estimate of drug-likeness (QED) is 0.449. The van der Waals surface area contributed by atoms with E-state index >= 15 is 0 Å². The van der Waals surface area contributed by atoms with Crippen LogP contribution in [0, 0.1) is 0 Å². The summed E-state index contributed by atoms with van der Waals surface area (Å²) in [6.45, 7) is 1.82. The first-order chi connectivity index (χ1) is 2.81. The summed E-state index contributed by atoms with van der Waals surface area (Å²) in [7, 11) is -1.78. The molecule has 0 N–H and O–H groups in total. The fourth-order valence-electron chi connectivity index (χ4n) is 0.0241. The van der Waals surface area contributed by atoms with Crippen molar-refractivity contribution in [3.05, 3.63) is 0 Å². The van der Waals surface area contributed by atoms with Crippen molar-refractivity contribution in [3.63, 3.8) is 0 Å². The van der Waals surface area contributed by atoms with E-state index in [1.165, 1.54) is 0 Å². The molecule has 0 heterocycles. The van der Waals surface area contributed by atoms with Gasteiger partial charge < -0.3 is 8.92 Å². The second kappa shape index (κ2) is 3.44. The fraction of sp³-hybridized carbons (Fsp3) is 1.00. The molecule has 6 heavy (non-hydrogen) atoms. The predicted molar refractivity (Wildman–Crippen MR) is 25.9 cm³/mol. The van der Waals surface area contributed by atoms with Crippen molar-refractivity contribution in [1.82, 2.24) is 0 Å². The summed E-state index contributed by atoms with van der Waals surface area (Å²) in [6, 6.07) is 0. The van der Waals surface area contributed by atoms with E-state index in [1.807, 2.05) is 6.55 Å². The van der Waals surface area contributed by atoms with Gasteiger partial charge in [-0.25, -0.2) is 0 Å². The van der Waals surface area contributed by atoms with Gasteiger partial charge >= 0.3 is 17.8 Å². The lowest BCUT2D eigenvalue weighted by molar-refractivity contribution is 0.582. The standard InChI is InChI=1S/CH4O2Si3/c1-6(4-2)5-3/h6H,1H3. The van der Waals surface area contributed by atoms with Gasteiger partial charge in [0.1, 0.15) is 0 Å². The Bertz CT molecular complexity index is 53.8. The minimum absolute atomic E-state index is 0.280. The van der Waals surface area contributed by atoms with Crippen molar-refractivity contribution in [1.29, 1.82) is 0 Å². The van der Waals surface area contributed by atoms with Crippen LogP contribution in [-0.4, -0.2) is 25.7 Å². The van der Waals surface area contributed by atoms with E-state index in [-0.39, 0.29) is 17.8 Å². The van der Waals surface area contributed by atoms with E-state index in [2.05, 4.69) is 0 Å². The largest absolute Gasteiger partial charge is 0.390 e. The Morgan fingerprint density at radius 3 is 1.67 bits per heavy atom. The van der Waals surface area contributed by atoms with Gasteiger partial charge in [0, 0.05) is 0 Å². The smallest absolute Gasteiger partial charge is 0.302 e. The van der Waals surface area contributed by atoms with Crippen LogP contribution in [0.1, 0.15) is 0 Å². The van der Waals surface area contributed by atoms with Crippen LogP contribution < -0.4 is 0 Å². The highest BCUT2D eigenvalue weighted by Gasteiger charge is 2.00. The Labute approximate surface area is 41.9 Å². The second-order valence-corrected chi connectivity index (χ2v) is 11.2. The molecule has 0 fully saturated rings. The maximum atomic E-state index is 9.76. The zero-order valence-electron chi connectivity index (χ0n) is 3.39. The molecule has 0 aliphatic carbocycles. The summed E-state index contributed by atoms with van der Waals surface area (Å²) >= 11 is 0. The maximum Gasteiger partial charge on any atom is 0.302 e. The third kappa shape index (κ3) is 2.49. The number of hydrogen-bond donors (Lipinski definition) is 0. The fourth-order valence-corrected chi connectivity index (χ4v) is 0.650. The van der Waals surface area contributed by atoms with Gasteiger partial charge in [-0.1, -0.05) is 6.55 Å². The van der Waals surface area contributed by atoms with Gasteiger partial charge in [-0.3, -0.25) is 0 Å². The average Bonchev–Trinajstić information content (AvgIpc) is 1.65. The Morgan fingerprint density at radius 2 is 1.67 bits per heavy atom. The van der Waals surface area contributed by atoms with Gasteiger partial charge in [0.25, 0.3) is 0 Å². The first-order valence-electron chi connectivity index (χ1n) is 1.56. The summed E-state index contributed by atoms with van der Waals surface area (Å²) in [5, 5.41) is 0. The molecule has 5 heteroatoms. The summed E-state index contributed by atoms with van der Waals surface area (Å²) < 4.78 is 19.5. The molecule has 0 aromatic rings. The highest BCUT2D eigenvalue weighted by atomic mass is 29.5. The van der Waals surface area contributed by atoms with Gasteiger partial charge in [-0.2, -0.15) is 0 Å². The maximum absolute atomic E-state index is 9.76. The molecule has 2 radical (unpaired) electrons. The lowest BCUT2D eigenvalue weighted by atomic mass is 11.9. The lowest BCUT2D eigenvalue weighted by Gasteiger charge is -1.69. The van der Waals surface area contributed by atoms with Crippen molar-refractivity contribution in [3.8, 4) is 0 Å². The van der Waals surface area contributed by atoms with E-state index < -0.39 is 7.83 Å². The normalized spacial score (nSPS) is 8.33. The number of hydrogen-bond acceptors (Lipinski definition) is 2. The van der Waals surface area contributed by atoms with Gasteiger partial charge in [-0.15, -0.1) is 0 Å². The molecule has 0 saturated carbocycles. The van der Waals surface area contributed by atoms with E-state index in [4.69, 9.17) is 0 Å². The van der Waals surface area contributed by atoms with Crippen LogP contribution in [0.25, 0.3) is 0 Å². The molecule has 0 rings (SSSR count). The monoisotopic (exact) mass is 132 g/mol. The van der Waals surface area contributed by atoms with E-state index in [0.29, 0.717) is 0 Å². The van der Waals surface area contributed by atoms with Gasteiger partial charge in [0.2, 0.25) is 0 Å². The zero-order chi connectivity index (χ0) is 4.99. The van der Waals surface area contributed by atoms with Crippen LogP contribution in [-0.2, 0) is 8.92 Å². The summed E-state index contributed by atoms with van der Waals surface area (Å²) in [4.78, 5) is 0. The lowest BCUT2D eigenvalue weighted by Crippen LogP contribution is -2.13. The van der Waals surface area contributed by atoms with Crippen LogP contribution in [0.3, 0.4) is 0 Å². The Balaban J connectivity index is 3.21. The molecule has 0 aliphatic rings. The van der Waals surface area contributed by atoms with E-state index in [9.17, 15) is 8.92 Å². The van der Waals surface area contributed by atoms with Crippen LogP contribution >= 0.6 is 0 Å². The minimum Gasteiger partial charge on any atom is -0.390 e.